The van der Waals surface area contributed by atoms with Gasteiger partial charge in [-0.2, -0.15) is 0 Å². The van der Waals surface area contributed by atoms with Gasteiger partial charge in [0.1, 0.15) is 6.10 Å². The highest BCUT2D eigenvalue weighted by molar-refractivity contribution is 5.94. The molecule has 0 saturated heterocycles. The van der Waals surface area contributed by atoms with Gasteiger partial charge in [0, 0.05) is 0 Å². The van der Waals surface area contributed by atoms with E-state index in [1.807, 2.05) is 0 Å². The molecule has 0 aromatic heterocycles. The molecular weight excluding hydrogens is 324 g/mol. The molecule has 0 N–H and O–H groups in total. The fourth-order valence-corrected chi connectivity index (χ4v) is 4.19. The zero-order valence-electron chi connectivity index (χ0n) is 16.9. The Morgan fingerprint density at radius 2 is 1.54 bits per heavy atom. The maximum absolute atomic E-state index is 12.1. The highest BCUT2D eigenvalue weighted by atomic mass is 16.7. The Balaban J connectivity index is 1.49. The van der Waals surface area contributed by atoms with Gasteiger partial charge in [0.2, 0.25) is 0 Å². The van der Waals surface area contributed by atoms with Crippen molar-refractivity contribution in [3.05, 3.63) is 12.2 Å². The van der Waals surface area contributed by atoms with Crippen LogP contribution < -0.4 is 0 Å². The average molecular weight is 365 g/mol. The van der Waals surface area contributed by atoms with Crippen LogP contribution >= 0.6 is 0 Å². The number of ketones is 1. The summed E-state index contributed by atoms with van der Waals surface area (Å²) in [4.78, 5) is 12.1. The highest BCUT2D eigenvalue weighted by Gasteiger charge is 2.33. The molecule has 0 aromatic rings. The third-order valence-corrected chi connectivity index (χ3v) is 5.84. The molecule has 1 aliphatic carbocycles. The lowest BCUT2D eigenvalue weighted by Gasteiger charge is -2.32. The summed E-state index contributed by atoms with van der Waals surface area (Å²) in [6.45, 7) is 3.00. The standard InChI is InChI=1S/C23H40O3/c1-2-3-4-5-6-7-8-9-10-14-19-25-22-18-17-21(24)23(26-22)20-15-12-11-13-16-20/h17-18,20,22-23H,2-16,19H2,1H3. The van der Waals surface area contributed by atoms with E-state index in [2.05, 4.69) is 6.92 Å². The second-order valence-corrected chi connectivity index (χ2v) is 8.14. The first-order valence-electron chi connectivity index (χ1n) is 11.3. The van der Waals surface area contributed by atoms with Crippen LogP contribution in [0, 0.1) is 5.92 Å². The molecule has 3 nitrogen and oxygen atoms in total. The minimum Gasteiger partial charge on any atom is -0.349 e. The monoisotopic (exact) mass is 364 g/mol. The first kappa shape index (κ1) is 21.6. The second kappa shape index (κ2) is 13.5. The Bertz CT molecular complexity index is 398. The van der Waals surface area contributed by atoms with Gasteiger partial charge >= 0.3 is 0 Å². The maximum Gasteiger partial charge on any atom is 0.184 e. The lowest BCUT2D eigenvalue weighted by Crippen LogP contribution is -2.39. The van der Waals surface area contributed by atoms with Crippen LogP contribution in [0.4, 0.5) is 0 Å². The number of hydrogen-bond donors (Lipinski definition) is 0. The molecular formula is C23H40O3. The Labute approximate surface area is 160 Å². The first-order chi connectivity index (χ1) is 12.8. The third kappa shape index (κ3) is 8.35. The van der Waals surface area contributed by atoms with Crippen molar-refractivity contribution in [2.75, 3.05) is 6.61 Å². The summed E-state index contributed by atoms with van der Waals surface area (Å²) in [5, 5.41) is 0. The zero-order valence-corrected chi connectivity index (χ0v) is 16.9. The average Bonchev–Trinajstić information content (AvgIpc) is 2.68. The van der Waals surface area contributed by atoms with Crippen molar-refractivity contribution in [2.45, 2.75) is 116 Å². The van der Waals surface area contributed by atoms with E-state index < -0.39 is 0 Å². The Hall–Kier alpha value is -0.670. The first-order valence-corrected chi connectivity index (χ1v) is 11.3. The van der Waals surface area contributed by atoms with Gasteiger partial charge < -0.3 is 9.47 Å². The molecule has 0 bridgehead atoms. The van der Waals surface area contributed by atoms with Gasteiger partial charge in [-0.05, 0) is 37.3 Å². The minimum atomic E-state index is -0.321. The Kier molecular flexibility index (Phi) is 11.2. The van der Waals surface area contributed by atoms with Crippen LogP contribution in [0.15, 0.2) is 12.2 Å². The van der Waals surface area contributed by atoms with Gasteiger partial charge in [0.15, 0.2) is 12.1 Å². The molecule has 0 aromatic carbocycles. The van der Waals surface area contributed by atoms with E-state index in [9.17, 15) is 4.79 Å². The SMILES string of the molecule is CCCCCCCCCCCCOC1C=CC(=O)C(C2CCCCC2)O1. The molecule has 26 heavy (non-hydrogen) atoms. The fraction of sp³-hybridized carbons (Fsp3) is 0.870. The lowest BCUT2D eigenvalue weighted by molar-refractivity contribution is -0.174. The highest BCUT2D eigenvalue weighted by Crippen LogP contribution is 2.30. The van der Waals surface area contributed by atoms with E-state index in [1.165, 1.54) is 77.0 Å². The van der Waals surface area contributed by atoms with E-state index >= 15 is 0 Å². The molecule has 2 atom stereocenters. The summed E-state index contributed by atoms with van der Waals surface area (Å²) in [5.74, 6) is 0.528. The zero-order chi connectivity index (χ0) is 18.5. The third-order valence-electron chi connectivity index (χ3n) is 5.84. The van der Waals surface area contributed by atoms with Gasteiger partial charge in [-0.15, -0.1) is 0 Å². The van der Waals surface area contributed by atoms with Crippen LogP contribution in [0.5, 0.6) is 0 Å². The number of hydrogen-bond acceptors (Lipinski definition) is 3. The lowest BCUT2D eigenvalue weighted by atomic mass is 9.83. The Morgan fingerprint density at radius 3 is 2.19 bits per heavy atom. The summed E-state index contributed by atoms with van der Waals surface area (Å²) in [7, 11) is 0. The van der Waals surface area contributed by atoms with Gasteiger partial charge in [-0.3, -0.25) is 4.79 Å². The predicted octanol–water partition coefficient (Wildman–Crippen LogP) is 6.35. The van der Waals surface area contributed by atoms with E-state index in [0.717, 1.165) is 25.9 Å². The van der Waals surface area contributed by atoms with E-state index in [1.54, 1.807) is 12.2 Å². The van der Waals surface area contributed by atoms with Crippen LogP contribution in [-0.4, -0.2) is 24.8 Å². The quantitative estimate of drug-likeness (QED) is 0.357. The van der Waals surface area contributed by atoms with Crippen molar-refractivity contribution in [2.24, 2.45) is 5.92 Å². The van der Waals surface area contributed by atoms with Crippen LogP contribution in [0.25, 0.3) is 0 Å². The molecule has 0 radical (unpaired) electrons. The molecule has 1 fully saturated rings. The summed E-state index contributed by atoms with van der Waals surface area (Å²) in [6.07, 6.45) is 22.2. The van der Waals surface area contributed by atoms with Crippen LogP contribution in [-0.2, 0) is 14.3 Å². The van der Waals surface area contributed by atoms with Crippen LogP contribution in [0.3, 0.4) is 0 Å². The van der Waals surface area contributed by atoms with Crippen LogP contribution in [0.2, 0.25) is 0 Å². The number of carbonyl (C=O) groups excluding carboxylic acids is 1. The summed E-state index contributed by atoms with van der Waals surface area (Å²) >= 11 is 0. The Morgan fingerprint density at radius 1 is 0.923 bits per heavy atom. The molecule has 2 aliphatic rings. The number of ether oxygens (including phenoxy) is 2. The summed E-state index contributed by atoms with van der Waals surface area (Å²) in [5.41, 5.74) is 0. The predicted molar refractivity (Wildman–Crippen MR) is 107 cm³/mol. The minimum absolute atomic E-state index is 0.135. The molecule has 2 rings (SSSR count). The molecule has 0 amide bonds. The molecule has 150 valence electrons. The van der Waals surface area contributed by atoms with Gasteiger partial charge in [-0.25, -0.2) is 0 Å². The van der Waals surface area contributed by atoms with Crippen molar-refractivity contribution in [1.82, 2.24) is 0 Å². The maximum atomic E-state index is 12.1. The van der Waals surface area contributed by atoms with Gasteiger partial charge in [-0.1, -0.05) is 84.0 Å². The number of carbonyl (C=O) groups is 1. The van der Waals surface area contributed by atoms with Crippen molar-refractivity contribution in [3.8, 4) is 0 Å². The molecule has 3 heteroatoms. The number of unbranched alkanes of at least 4 members (excludes halogenated alkanes) is 9. The van der Waals surface area contributed by atoms with Crippen molar-refractivity contribution < 1.29 is 14.3 Å². The van der Waals surface area contributed by atoms with Crippen molar-refractivity contribution in [1.29, 1.82) is 0 Å². The second-order valence-electron chi connectivity index (χ2n) is 8.14. The topological polar surface area (TPSA) is 35.5 Å². The van der Waals surface area contributed by atoms with Crippen molar-refractivity contribution in [3.63, 3.8) is 0 Å². The fourth-order valence-electron chi connectivity index (χ4n) is 4.19. The van der Waals surface area contributed by atoms with E-state index in [4.69, 9.17) is 9.47 Å². The molecule has 2 unspecified atom stereocenters. The number of rotatable bonds is 13. The molecule has 0 spiro atoms. The summed E-state index contributed by atoms with van der Waals surface area (Å²) < 4.78 is 11.8. The van der Waals surface area contributed by atoms with Gasteiger partial charge in [0.05, 0.1) is 6.61 Å². The van der Waals surface area contributed by atoms with E-state index in [-0.39, 0.29) is 18.2 Å². The van der Waals surface area contributed by atoms with Crippen molar-refractivity contribution >= 4 is 5.78 Å². The largest absolute Gasteiger partial charge is 0.349 e. The molecule has 1 heterocycles. The van der Waals surface area contributed by atoms with Crippen LogP contribution in [0.1, 0.15) is 103 Å². The van der Waals surface area contributed by atoms with Gasteiger partial charge in [0.25, 0.3) is 0 Å². The van der Waals surface area contributed by atoms with E-state index in [0.29, 0.717) is 5.92 Å². The normalized spacial score (nSPS) is 24.3. The summed E-state index contributed by atoms with van der Waals surface area (Å²) in [6, 6.07) is 0. The molecule has 1 aliphatic heterocycles. The molecule has 1 saturated carbocycles. The smallest absolute Gasteiger partial charge is 0.184 e.